The van der Waals surface area contributed by atoms with Crippen molar-refractivity contribution < 1.29 is 13.2 Å². The van der Waals surface area contributed by atoms with E-state index in [4.69, 9.17) is 0 Å². The zero-order valence-electron chi connectivity index (χ0n) is 11.0. The summed E-state index contributed by atoms with van der Waals surface area (Å²) in [6, 6.07) is 10.6. The number of benzene rings is 1. The summed E-state index contributed by atoms with van der Waals surface area (Å²) in [5, 5.41) is 3.42. The van der Waals surface area contributed by atoms with Gasteiger partial charge in [0.25, 0.3) is 0 Å². The number of rotatable bonds is 2. The molecule has 0 saturated carbocycles. The van der Waals surface area contributed by atoms with Crippen molar-refractivity contribution in [1.82, 2.24) is 15.0 Å². The van der Waals surface area contributed by atoms with Crippen LogP contribution in [0.2, 0.25) is 0 Å². The number of nitrogens with one attached hydrogen (secondary N) is 2. The lowest BCUT2D eigenvalue weighted by atomic mass is 10.3. The fraction of sp³-hybridized carbons (Fsp3) is 0.143. The topological polar surface area (TPSA) is 53.6 Å². The maximum atomic E-state index is 12.9. The Hall–Kier alpha value is -2.57. The minimum atomic E-state index is -4.60. The molecule has 0 aliphatic carbocycles. The van der Waals surface area contributed by atoms with Crippen LogP contribution in [0.5, 0.6) is 0 Å². The number of aromatic nitrogens is 3. The van der Waals surface area contributed by atoms with Gasteiger partial charge in [0.1, 0.15) is 11.5 Å². The van der Waals surface area contributed by atoms with Crippen LogP contribution in [-0.2, 0) is 6.18 Å². The highest BCUT2D eigenvalue weighted by atomic mass is 19.4. The molecular weight excluding hydrogens is 281 g/mol. The Morgan fingerprint density at radius 2 is 1.81 bits per heavy atom. The Morgan fingerprint density at radius 1 is 1.10 bits per heavy atom. The number of aromatic amines is 1. The SMILES string of the molecule is Cc1cc2c(Nc3ccccc3)nc(C(F)(F)F)nc2[nH]1. The molecule has 7 heteroatoms. The lowest BCUT2D eigenvalue weighted by molar-refractivity contribution is -0.144. The molecule has 4 nitrogen and oxygen atoms in total. The van der Waals surface area contributed by atoms with Gasteiger partial charge in [0.2, 0.25) is 5.82 Å². The van der Waals surface area contributed by atoms with E-state index in [0.717, 1.165) is 5.69 Å². The first-order chi connectivity index (χ1) is 9.93. The second-order valence-corrected chi connectivity index (χ2v) is 4.60. The van der Waals surface area contributed by atoms with Crippen LogP contribution in [-0.4, -0.2) is 15.0 Å². The first-order valence-corrected chi connectivity index (χ1v) is 6.20. The zero-order chi connectivity index (χ0) is 15.0. The van der Waals surface area contributed by atoms with Gasteiger partial charge in [-0.05, 0) is 25.1 Å². The number of alkyl halides is 3. The van der Waals surface area contributed by atoms with Crippen molar-refractivity contribution >= 4 is 22.5 Å². The van der Waals surface area contributed by atoms with E-state index in [1.165, 1.54) is 0 Å². The number of fused-ring (bicyclic) bond motifs is 1. The van der Waals surface area contributed by atoms with Gasteiger partial charge in [-0.15, -0.1) is 0 Å². The highest BCUT2D eigenvalue weighted by Crippen LogP contribution is 2.31. The molecule has 108 valence electrons. The van der Waals surface area contributed by atoms with Gasteiger partial charge in [0, 0.05) is 11.4 Å². The Balaban J connectivity index is 2.15. The largest absolute Gasteiger partial charge is 0.451 e. The van der Waals surface area contributed by atoms with Crippen molar-refractivity contribution in [3.05, 3.63) is 47.9 Å². The number of aryl methyl sites for hydroxylation is 1. The minimum Gasteiger partial charge on any atom is -0.343 e. The normalized spacial score (nSPS) is 11.8. The average molecular weight is 292 g/mol. The molecule has 21 heavy (non-hydrogen) atoms. The molecule has 0 bridgehead atoms. The van der Waals surface area contributed by atoms with Crippen LogP contribution in [0, 0.1) is 6.92 Å². The second kappa shape index (κ2) is 4.76. The molecule has 0 radical (unpaired) electrons. The molecular formula is C14H11F3N4. The molecule has 0 aliphatic heterocycles. The Bertz CT molecular complexity index is 778. The summed E-state index contributed by atoms with van der Waals surface area (Å²) in [5.41, 5.74) is 1.53. The number of hydrogen-bond donors (Lipinski definition) is 2. The van der Waals surface area contributed by atoms with Crippen molar-refractivity contribution in [2.45, 2.75) is 13.1 Å². The van der Waals surface area contributed by atoms with Gasteiger partial charge >= 0.3 is 6.18 Å². The van der Waals surface area contributed by atoms with Gasteiger partial charge in [-0.2, -0.15) is 13.2 Å². The van der Waals surface area contributed by atoms with E-state index < -0.39 is 12.0 Å². The van der Waals surface area contributed by atoms with Crippen molar-refractivity contribution in [3.8, 4) is 0 Å². The van der Waals surface area contributed by atoms with E-state index in [2.05, 4.69) is 20.3 Å². The number of H-pyrrole nitrogens is 1. The van der Waals surface area contributed by atoms with Crippen LogP contribution in [0.15, 0.2) is 36.4 Å². The molecule has 0 saturated heterocycles. The Labute approximate surface area is 118 Å². The first kappa shape index (κ1) is 13.4. The van der Waals surface area contributed by atoms with E-state index in [1.807, 2.05) is 6.07 Å². The van der Waals surface area contributed by atoms with Gasteiger partial charge < -0.3 is 10.3 Å². The highest BCUT2D eigenvalue weighted by molar-refractivity contribution is 5.89. The molecule has 2 aromatic heterocycles. The number of nitrogens with zero attached hydrogens (tertiary/aromatic N) is 2. The molecule has 0 aliphatic rings. The van der Waals surface area contributed by atoms with Gasteiger partial charge in [0.05, 0.1) is 5.39 Å². The first-order valence-electron chi connectivity index (χ1n) is 6.20. The molecule has 2 N–H and O–H groups in total. The number of halogens is 3. The summed E-state index contributed by atoms with van der Waals surface area (Å²) in [7, 11) is 0. The Morgan fingerprint density at radius 3 is 2.48 bits per heavy atom. The predicted octanol–water partition coefficient (Wildman–Crippen LogP) is 4.03. The maximum absolute atomic E-state index is 12.9. The average Bonchev–Trinajstić information content (AvgIpc) is 2.79. The van der Waals surface area contributed by atoms with Crippen molar-refractivity contribution in [2.24, 2.45) is 0 Å². The monoisotopic (exact) mass is 292 g/mol. The van der Waals surface area contributed by atoms with E-state index in [-0.39, 0.29) is 11.5 Å². The molecule has 1 aromatic carbocycles. The van der Waals surface area contributed by atoms with Gasteiger partial charge in [-0.3, -0.25) is 0 Å². The van der Waals surface area contributed by atoms with Crippen LogP contribution in [0.4, 0.5) is 24.7 Å². The van der Waals surface area contributed by atoms with Crippen LogP contribution in [0.3, 0.4) is 0 Å². The molecule has 0 atom stereocenters. The summed E-state index contributed by atoms with van der Waals surface area (Å²) in [5.74, 6) is -1.04. The van der Waals surface area contributed by atoms with Gasteiger partial charge in [-0.25, -0.2) is 9.97 Å². The van der Waals surface area contributed by atoms with Crippen molar-refractivity contribution in [1.29, 1.82) is 0 Å². The Kier molecular flexibility index (Phi) is 3.04. The minimum absolute atomic E-state index is 0.128. The molecule has 0 unspecified atom stereocenters. The predicted molar refractivity (Wildman–Crippen MR) is 73.4 cm³/mol. The standard InChI is InChI=1S/C14H11F3N4/c1-8-7-10-11(18-8)20-13(14(15,16)17)21-12(10)19-9-5-3-2-4-6-9/h2-7H,1H3,(H2,18,19,20,21). The van der Waals surface area contributed by atoms with Crippen LogP contribution >= 0.6 is 0 Å². The number of anilines is 2. The van der Waals surface area contributed by atoms with E-state index in [9.17, 15) is 13.2 Å². The summed E-state index contributed by atoms with van der Waals surface area (Å²) in [4.78, 5) is 9.96. The van der Waals surface area contributed by atoms with E-state index in [0.29, 0.717) is 11.1 Å². The van der Waals surface area contributed by atoms with Gasteiger partial charge in [0.15, 0.2) is 0 Å². The third kappa shape index (κ3) is 2.67. The maximum Gasteiger partial charge on any atom is 0.451 e. The molecule has 0 amide bonds. The van der Waals surface area contributed by atoms with E-state index in [1.54, 1.807) is 37.3 Å². The fourth-order valence-electron chi connectivity index (χ4n) is 2.02. The number of para-hydroxylation sites is 1. The summed E-state index contributed by atoms with van der Waals surface area (Å²) in [6.45, 7) is 1.75. The lowest BCUT2D eigenvalue weighted by Gasteiger charge is -2.10. The zero-order valence-corrected chi connectivity index (χ0v) is 11.0. The van der Waals surface area contributed by atoms with Crippen LogP contribution in [0.25, 0.3) is 11.0 Å². The molecule has 0 fully saturated rings. The van der Waals surface area contributed by atoms with Crippen LogP contribution in [0.1, 0.15) is 11.5 Å². The molecule has 3 rings (SSSR count). The lowest BCUT2D eigenvalue weighted by Crippen LogP contribution is -2.12. The summed E-state index contributed by atoms with van der Waals surface area (Å²) < 4.78 is 38.6. The quantitative estimate of drug-likeness (QED) is 0.749. The van der Waals surface area contributed by atoms with Crippen molar-refractivity contribution in [2.75, 3.05) is 5.32 Å². The molecule has 3 aromatic rings. The molecule has 2 heterocycles. The fourth-order valence-corrected chi connectivity index (χ4v) is 2.02. The van der Waals surface area contributed by atoms with Gasteiger partial charge in [-0.1, -0.05) is 18.2 Å². The smallest absolute Gasteiger partial charge is 0.343 e. The highest BCUT2D eigenvalue weighted by Gasteiger charge is 2.35. The number of hydrogen-bond acceptors (Lipinski definition) is 3. The third-order valence-corrected chi connectivity index (χ3v) is 2.91. The third-order valence-electron chi connectivity index (χ3n) is 2.91. The van der Waals surface area contributed by atoms with E-state index >= 15 is 0 Å². The molecule has 0 spiro atoms. The van der Waals surface area contributed by atoms with Crippen LogP contribution < -0.4 is 5.32 Å². The second-order valence-electron chi connectivity index (χ2n) is 4.60. The summed E-state index contributed by atoms with van der Waals surface area (Å²) >= 11 is 0. The summed E-state index contributed by atoms with van der Waals surface area (Å²) in [6.07, 6.45) is -4.60. The van der Waals surface area contributed by atoms with Crippen molar-refractivity contribution in [3.63, 3.8) is 0 Å².